The van der Waals surface area contributed by atoms with Gasteiger partial charge in [0.1, 0.15) is 6.20 Å². The van der Waals surface area contributed by atoms with Crippen molar-refractivity contribution in [3.63, 3.8) is 0 Å². The van der Waals surface area contributed by atoms with E-state index < -0.39 is 4.92 Å². The molecule has 2 heterocycles. The van der Waals surface area contributed by atoms with Crippen molar-refractivity contribution < 1.29 is 4.92 Å². The Hall–Kier alpha value is -2.63. The van der Waals surface area contributed by atoms with E-state index in [1.54, 1.807) is 36.9 Å². The second kappa shape index (κ2) is 4.93. The van der Waals surface area contributed by atoms with Crippen LogP contribution in [0.25, 0.3) is 12.2 Å². The van der Waals surface area contributed by atoms with Gasteiger partial charge < -0.3 is 0 Å². The lowest BCUT2D eigenvalue weighted by Crippen LogP contribution is -1.89. The van der Waals surface area contributed by atoms with Crippen molar-refractivity contribution in [2.24, 2.45) is 0 Å². The molecule has 2 aromatic heterocycles. The van der Waals surface area contributed by atoms with Gasteiger partial charge in [0.15, 0.2) is 0 Å². The molecule has 84 valence electrons. The highest BCUT2D eigenvalue weighted by Gasteiger charge is 2.04. The minimum absolute atomic E-state index is 0.0358. The zero-order valence-electron chi connectivity index (χ0n) is 8.72. The fraction of sp³-hybridized carbons (Fsp3) is 0. The molecule has 2 rings (SSSR count). The van der Waals surface area contributed by atoms with Crippen LogP contribution in [0.4, 0.5) is 5.69 Å². The van der Waals surface area contributed by atoms with E-state index in [4.69, 9.17) is 0 Å². The van der Waals surface area contributed by atoms with Crippen LogP contribution < -0.4 is 0 Å². The molecule has 0 fully saturated rings. The zero-order valence-corrected chi connectivity index (χ0v) is 8.72. The summed E-state index contributed by atoms with van der Waals surface area (Å²) in [6.07, 6.45) is 10.9. The van der Waals surface area contributed by atoms with Gasteiger partial charge in [0.05, 0.1) is 16.8 Å². The van der Waals surface area contributed by atoms with Gasteiger partial charge >= 0.3 is 0 Å². The van der Waals surface area contributed by atoms with Gasteiger partial charge in [0.25, 0.3) is 5.69 Å². The largest absolute Gasteiger partial charge is 0.288 e. The summed E-state index contributed by atoms with van der Waals surface area (Å²) < 4.78 is 0. The molecule has 0 saturated carbocycles. The number of aromatic nitrogens is 3. The number of rotatable bonds is 3. The third-order valence-corrected chi connectivity index (χ3v) is 1.99. The van der Waals surface area contributed by atoms with Crippen LogP contribution in [0.2, 0.25) is 0 Å². The number of pyridine rings is 1. The molecule has 0 aliphatic rings. The summed E-state index contributed by atoms with van der Waals surface area (Å²) in [5.41, 5.74) is 1.29. The molecule has 0 amide bonds. The summed E-state index contributed by atoms with van der Waals surface area (Å²) in [7, 11) is 0. The minimum atomic E-state index is -0.480. The molecular formula is C11H8N4O2. The number of hydrogen-bond donors (Lipinski definition) is 0. The van der Waals surface area contributed by atoms with Crippen LogP contribution in [0.1, 0.15) is 11.3 Å². The number of nitro groups is 1. The van der Waals surface area contributed by atoms with E-state index in [2.05, 4.69) is 15.0 Å². The van der Waals surface area contributed by atoms with Gasteiger partial charge in [-0.3, -0.25) is 25.1 Å². The first kappa shape index (κ1) is 10.9. The highest BCUT2D eigenvalue weighted by Crippen LogP contribution is 2.12. The maximum Gasteiger partial charge on any atom is 0.288 e. The van der Waals surface area contributed by atoms with Crippen LogP contribution in [-0.2, 0) is 0 Å². The first-order chi connectivity index (χ1) is 8.25. The molecule has 6 heteroatoms. The SMILES string of the molecule is O=[N+]([O-])c1cncc(C=Cc2cnccn2)c1. The van der Waals surface area contributed by atoms with Crippen LogP contribution in [0.5, 0.6) is 0 Å². The molecule has 2 aromatic rings. The average Bonchev–Trinajstić information content (AvgIpc) is 2.38. The number of nitrogens with zero attached hydrogens (tertiary/aromatic N) is 4. The zero-order chi connectivity index (χ0) is 12.1. The average molecular weight is 228 g/mol. The molecule has 17 heavy (non-hydrogen) atoms. The second-order valence-corrected chi connectivity index (χ2v) is 3.20. The van der Waals surface area contributed by atoms with Gasteiger partial charge in [0, 0.05) is 24.7 Å². The first-order valence-corrected chi connectivity index (χ1v) is 4.79. The van der Waals surface area contributed by atoms with Gasteiger partial charge in [0.2, 0.25) is 0 Å². The summed E-state index contributed by atoms with van der Waals surface area (Å²) in [5, 5.41) is 10.5. The Bertz CT molecular complexity index is 554. The van der Waals surface area contributed by atoms with Crippen LogP contribution in [0, 0.1) is 10.1 Å². The van der Waals surface area contributed by atoms with Crippen LogP contribution in [0.3, 0.4) is 0 Å². The molecule has 0 aliphatic carbocycles. The monoisotopic (exact) mass is 228 g/mol. The third kappa shape index (κ3) is 2.91. The second-order valence-electron chi connectivity index (χ2n) is 3.20. The highest BCUT2D eigenvalue weighted by molar-refractivity contribution is 5.68. The fourth-order valence-electron chi connectivity index (χ4n) is 1.21. The van der Waals surface area contributed by atoms with Gasteiger partial charge in [-0.1, -0.05) is 6.08 Å². The van der Waals surface area contributed by atoms with Crippen LogP contribution >= 0.6 is 0 Å². The Morgan fingerprint density at radius 1 is 1.12 bits per heavy atom. The predicted molar refractivity (Wildman–Crippen MR) is 61.9 cm³/mol. The van der Waals surface area contributed by atoms with Gasteiger partial charge in [-0.25, -0.2) is 0 Å². The normalized spacial score (nSPS) is 10.6. The summed E-state index contributed by atoms with van der Waals surface area (Å²) >= 11 is 0. The van der Waals surface area contributed by atoms with Gasteiger partial charge in [-0.05, 0) is 11.6 Å². The van der Waals surface area contributed by atoms with Gasteiger partial charge in [-0.2, -0.15) is 0 Å². The van der Waals surface area contributed by atoms with E-state index in [-0.39, 0.29) is 5.69 Å². The molecule has 0 spiro atoms. The van der Waals surface area contributed by atoms with E-state index in [1.807, 2.05) is 0 Å². The Morgan fingerprint density at radius 3 is 2.71 bits per heavy atom. The van der Waals surface area contributed by atoms with Gasteiger partial charge in [-0.15, -0.1) is 0 Å². The Balaban J connectivity index is 2.22. The van der Waals surface area contributed by atoms with Crippen molar-refractivity contribution >= 4 is 17.8 Å². The first-order valence-electron chi connectivity index (χ1n) is 4.79. The van der Waals surface area contributed by atoms with Crippen molar-refractivity contribution in [3.05, 3.63) is 58.4 Å². The Kier molecular flexibility index (Phi) is 3.15. The summed E-state index contributed by atoms with van der Waals surface area (Å²) in [6, 6.07) is 1.44. The van der Waals surface area contributed by atoms with Crippen molar-refractivity contribution in [2.45, 2.75) is 0 Å². The Morgan fingerprint density at radius 2 is 2.00 bits per heavy atom. The Labute approximate surface area is 96.8 Å². The molecule has 0 saturated heterocycles. The standard InChI is InChI=1S/C11H8N4O2/c16-15(17)11-5-9(6-13-8-11)1-2-10-7-12-3-4-14-10/h1-8H. The highest BCUT2D eigenvalue weighted by atomic mass is 16.6. The molecule has 0 N–H and O–H groups in total. The maximum atomic E-state index is 10.5. The summed E-state index contributed by atoms with van der Waals surface area (Å²) in [6.45, 7) is 0. The lowest BCUT2D eigenvalue weighted by atomic mass is 10.2. The lowest BCUT2D eigenvalue weighted by molar-refractivity contribution is -0.385. The third-order valence-electron chi connectivity index (χ3n) is 1.99. The molecule has 0 aromatic carbocycles. The van der Waals surface area contributed by atoms with E-state index in [1.165, 1.54) is 12.3 Å². The quantitative estimate of drug-likeness (QED) is 0.592. The smallest absolute Gasteiger partial charge is 0.261 e. The van der Waals surface area contributed by atoms with Crippen molar-refractivity contribution in [3.8, 4) is 0 Å². The summed E-state index contributed by atoms with van der Waals surface area (Å²) in [4.78, 5) is 21.8. The van der Waals surface area contributed by atoms with E-state index in [9.17, 15) is 10.1 Å². The topological polar surface area (TPSA) is 81.8 Å². The van der Waals surface area contributed by atoms with Crippen molar-refractivity contribution in [1.82, 2.24) is 15.0 Å². The molecular weight excluding hydrogens is 220 g/mol. The fourth-order valence-corrected chi connectivity index (χ4v) is 1.21. The lowest BCUT2D eigenvalue weighted by Gasteiger charge is -1.93. The van der Waals surface area contributed by atoms with E-state index in [0.717, 1.165) is 0 Å². The minimum Gasteiger partial charge on any atom is -0.261 e. The molecule has 6 nitrogen and oxygen atoms in total. The molecule has 0 radical (unpaired) electrons. The van der Waals surface area contributed by atoms with Crippen LogP contribution in [0.15, 0.2) is 37.1 Å². The molecule has 0 bridgehead atoms. The van der Waals surface area contributed by atoms with Crippen LogP contribution in [-0.4, -0.2) is 19.9 Å². The number of hydrogen-bond acceptors (Lipinski definition) is 5. The van der Waals surface area contributed by atoms with Crippen molar-refractivity contribution in [2.75, 3.05) is 0 Å². The van der Waals surface area contributed by atoms with E-state index >= 15 is 0 Å². The summed E-state index contributed by atoms with van der Waals surface area (Å²) in [5.74, 6) is 0. The molecule has 0 aliphatic heterocycles. The molecule has 0 unspecified atom stereocenters. The maximum absolute atomic E-state index is 10.5. The molecule has 0 atom stereocenters. The van der Waals surface area contributed by atoms with Crippen molar-refractivity contribution in [1.29, 1.82) is 0 Å². The predicted octanol–water partition coefficient (Wildman–Crippen LogP) is 1.95. The van der Waals surface area contributed by atoms with E-state index in [0.29, 0.717) is 11.3 Å².